The zero-order valence-corrected chi connectivity index (χ0v) is 8.06. The number of carbonyl (C=O) groups excluding carboxylic acids is 2. The van der Waals surface area contributed by atoms with Crippen LogP contribution < -0.4 is 10.2 Å². The molecule has 1 rings (SSSR count). The van der Waals surface area contributed by atoms with Gasteiger partial charge in [0, 0.05) is 0 Å². The smallest absolute Gasteiger partial charge is 0.545 e. The first kappa shape index (κ1) is 11.9. The van der Waals surface area contributed by atoms with Gasteiger partial charge in [-0.2, -0.15) is 0 Å². The van der Waals surface area contributed by atoms with Crippen molar-refractivity contribution in [2.75, 3.05) is 0 Å². The van der Waals surface area contributed by atoms with Crippen molar-refractivity contribution in [3.8, 4) is 0 Å². The minimum atomic E-state index is -1.33. The standard InChI is InChI=1S/C8H6O4.Mg/c9-7(10)5-1-2-6(4-3-5)8(11)12;/h1-4H,(H,9,10)(H,11,12);/q;+2/p-2. The fourth-order valence-corrected chi connectivity index (χ4v) is 0.742. The summed E-state index contributed by atoms with van der Waals surface area (Å²) < 4.78 is 0. The maximum atomic E-state index is 10.2. The Balaban J connectivity index is 0.00000144. The fourth-order valence-electron chi connectivity index (χ4n) is 0.742. The van der Waals surface area contributed by atoms with Gasteiger partial charge in [0.25, 0.3) is 0 Å². The second-order valence-electron chi connectivity index (χ2n) is 2.15. The molecule has 0 radical (unpaired) electrons. The molecule has 4 nitrogen and oxygen atoms in total. The van der Waals surface area contributed by atoms with E-state index in [9.17, 15) is 19.8 Å². The number of hydrogen-bond donors (Lipinski definition) is 0. The Hall–Kier alpha value is -1.07. The van der Waals surface area contributed by atoms with Gasteiger partial charge in [-0.3, -0.25) is 0 Å². The Morgan fingerprint density at radius 1 is 0.846 bits per heavy atom. The van der Waals surface area contributed by atoms with Gasteiger partial charge in [-0.05, 0) is 11.1 Å². The molecular formula is C8H4MgO4. The molecule has 0 bridgehead atoms. The third-order valence-corrected chi connectivity index (χ3v) is 1.36. The van der Waals surface area contributed by atoms with E-state index >= 15 is 0 Å². The number of carbonyl (C=O) groups is 2. The van der Waals surface area contributed by atoms with E-state index in [0.29, 0.717) is 0 Å². The Bertz CT molecular complexity index is 284. The molecule has 0 saturated carbocycles. The van der Waals surface area contributed by atoms with Crippen LogP contribution in [0.2, 0.25) is 0 Å². The van der Waals surface area contributed by atoms with Crippen molar-refractivity contribution in [2.24, 2.45) is 0 Å². The van der Waals surface area contributed by atoms with Crippen molar-refractivity contribution in [1.82, 2.24) is 0 Å². The number of benzene rings is 1. The number of aromatic carboxylic acids is 2. The van der Waals surface area contributed by atoms with Crippen molar-refractivity contribution in [3.05, 3.63) is 35.4 Å². The van der Waals surface area contributed by atoms with Crippen LogP contribution >= 0.6 is 0 Å². The Morgan fingerprint density at radius 3 is 1.23 bits per heavy atom. The quantitative estimate of drug-likeness (QED) is 0.505. The molecule has 0 N–H and O–H groups in total. The van der Waals surface area contributed by atoms with Crippen LogP contribution in [0.3, 0.4) is 0 Å². The summed E-state index contributed by atoms with van der Waals surface area (Å²) in [4.78, 5) is 20.4. The Morgan fingerprint density at radius 2 is 1.08 bits per heavy atom. The average Bonchev–Trinajstić information content (AvgIpc) is 2.04. The molecule has 0 fully saturated rings. The van der Waals surface area contributed by atoms with Gasteiger partial charge in [0.2, 0.25) is 0 Å². The molecule has 1 aromatic carbocycles. The minimum absolute atomic E-state index is 0. The molecule has 0 heterocycles. The molecule has 0 aliphatic heterocycles. The van der Waals surface area contributed by atoms with Crippen molar-refractivity contribution in [1.29, 1.82) is 0 Å². The normalized spacial score (nSPS) is 8.62. The minimum Gasteiger partial charge on any atom is -0.545 e. The summed E-state index contributed by atoms with van der Waals surface area (Å²) in [7, 11) is 0. The molecule has 0 spiro atoms. The monoisotopic (exact) mass is 188 g/mol. The van der Waals surface area contributed by atoms with Gasteiger partial charge < -0.3 is 19.8 Å². The molecule has 0 aliphatic carbocycles. The van der Waals surface area contributed by atoms with Gasteiger partial charge >= 0.3 is 23.1 Å². The van der Waals surface area contributed by atoms with E-state index in [1.165, 1.54) is 0 Å². The number of carboxylic acid groups (broad SMARTS) is 2. The molecule has 0 saturated heterocycles. The van der Waals surface area contributed by atoms with Gasteiger partial charge in [0.05, 0.1) is 11.9 Å². The third kappa shape index (κ3) is 3.04. The maximum Gasteiger partial charge on any atom is 2.00 e. The van der Waals surface area contributed by atoms with Crippen LogP contribution in [0.15, 0.2) is 24.3 Å². The summed E-state index contributed by atoms with van der Waals surface area (Å²) in [6.45, 7) is 0. The largest absolute Gasteiger partial charge is 2.00 e. The summed E-state index contributed by atoms with van der Waals surface area (Å²) in [6.07, 6.45) is 0. The summed E-state index contributed by atoms with van der Waals surface area (Å²) in [5.41, 5.74) is -0.111. The van der Waals surface area contributed by atoms with Gasteiger partial charge in [-0.1, -0.05) is 24.3 Å². The van der Waals surface area contributed by atoms with E-state index in [-0.39, 0.29) is 34.2 Å². The van der Waals surface area contributed by atoms with Crippen LogP contribution in [0.5, 0.6) is 0 Å². The molecule has 5 heteroatoms. The first-order valence-corrected chi connectivity index (χ1v) is 3.14. The molecule has 0 aliphatic rings. The van der Waals surface area contributed by atoms with Crippen LogP contribution in [-0.2, 0) is 0 Å². The van der Waals surface area contributed by atoms with E-state index < -0.39 is 11.9 Å². The second kappa shape index (κ2) is 4.83. The van der Waals surface area contributed by atoms with Crippen LogP contribution in [-0.4, -0.2) is 35.0 Å². The predicted molar refractivity (Wildman–Crippen MR) is 40.9 cm³/mol. The van der Waals surface area contributed by atoms with Crippen molar-refractivity contribution in [3.63, 3.8) is 0 Å². The zero-order chi connectivity index (χ0) is 9.14. The molecule has 0 amide bonds. The van der Waals surface area contributed by atoms with Gasteiger partial charge in [-0.15, -0.1) is 0 Å². The first-order valence-electron chi connectivity index (χ1n) is 3.14. The molecule has 1 aromatic rings. The summed E-state index contributed by atoms with van der Waals surface area (Å²) in [6, 6.07) is 4.61. The van der Waals surface area contributed by atoms with Gasteiger partial charge in [0.1, 0.15) is 0 Å². The van der Waals surface area contributed by atoms with Gasteiger partial charge in [-0.25, -0.2) is 0 Å². The van der Waals surface area contributed by atoms with Crippen LogP contribution in [0, 0.1) is 0 Å². The van der Waals surface area contributed by atoms with E-state index in [0.717, 1.165) is 24.3 Å². The van der Waals surface area contributed by atoms with E-state index in [4.69, 9.17) is 0 Å². The summed E-state index contributed by atoms with van der Waals surface area (Å²) >= 11 is 0. The average molecular weight is 188 g/mol. The van der Waals surface area contributed by atoms with E-state index in [1.807, 2.05) is 0 Å². The molecule has 13 heavy (non-hydrogen) atoms. The zero-order valence-electron chi connectivity index (χ0n) is 6.65. The molecule has 0 unspecified atom stereocenters. The van der Waals surface area contributed by atoms with E-state index in [1.54, 1.807) is 0 Å². The van der Waals surface area contributed by atoms with E-state index in [2.05, 4.69) is 0 Å². The van der Waals surface area contributed by atoms with Crippen molar-refractivity contribution < 1.29 is 19.8 Å². The Labute approximate surface area is 90.3 Å². The van der Waals surface area contributed by atoms with Crippen molar-refractivity contribution in [2.45, 2.75) is 0 Å². The topological polar surface area (TPSA) is 80.3 Å². The molecule has 62 valence electrons. The molecular weight excluding hydrogens is 184 g/mol. The Kier molecular flexibility index (Phi) is 4.43. The first-order chi connectivity index (χ1) is 5.61. The maximum absolute atomic E-state index is 10.2. The number of rotatable bonds is 2. The van der Waals surface area contributed by atoms with Crippen molar-refractivity contribution >= 4 is 35.0 Å². The predicted octanol–water partition coefficient (Wildman–Crippen LogP) is -1.97. The number of hydrogen-bond acceptors (Lipinski definition) is 4. The molecule has 0 atom stereocenters. The van der Waals surface area contributed by atoms with Crippen LogP contribution in [0.1, 0.15) is 20.7 Å². The fraction of sp³-hybridized carbons (Fsp3) is 0. The summed E-state index contributed by atoms with van der Waals surface area (Å²) in [5, 5.41) is 20.4. The van der Waals surface area contributed by atoms with Crippen LogP contribution in [0.4, 0.5) is 0 Å². The van der Waals surface area contributed by atoms with Gasteiger partial charge in [0.15, 0.2) is 0 Å². The number of carboxylic acids is 2. The van der Waals surface area contributed by atoms with Crippen LogP contribution in [0.25, 0.3) is 0 Å². The second-order valence-corrected chi connectivity index (χ2v) is 2.15. The third-order valence-electron chi connectivity index (χ3n) is 1.36. The molecule has 0 aromatic heterocycles. The SMILES string of the molecule is O=C([O-])c1ccc(C(=O)[O-])cc1.[Mg+2]. The summed E-state index contributed by atoms with van der Waals surface area (Å²) in [5.74, 6) is -2.67.